The summed E-state index contributed by atoms with van der Waals surface area (Å²) in [5, 5.41) is 9.04. The van der Waals surface area contributed by atoms with E-state index in [0.717, 1.165) is 5.56 Å². The molecule has 4 nitrogen and oxygen atoms in total. The number of aliphatic hydroxyl groups is 1. The number of nitrogens with two attached hydrogens (primary N) is 1. The van der Waals surface area contributed by atoms with Crippen LogP contribution in [-0.2, 0) is 10.2 Å². The standard InChI is InChI=1S/C15H22N2O2/c1-4-9-17(10-11-18)14(19)15(2,3)12-5-7-13(16)8-6-12/h4-8,18H,1,9-11,16H2,2-3H3. The highest BCUT2D eigenvalue weighted by Gasteiger charge is 2.33. The summed E-state index contributed by atoms with van der Waals surface area (Å²) >= 11 is 0. The van der Waals surface area contributed by atoms with E-state index < -0.39 is 5.41 Å². The van der Waals surface area contributed by atoms with Crippen molar-refractivity contribution in [3.63, 3.8) is 0 Å². The lowest BCUT2D eigenvalue weighted by molar-refractivity contribution is -0.136. The van der Waals surface area contributed by atoms with E-state index in [9.17, 15) is 4.79 Å². The van der Waals surface area contributed by atoms with Crippen molar-refractivity contribution >= 4 is 11.6 Å². The number of carbonyl (C=O) groups is 1. The Bertz CT molecular complexity index is 438. The molecular weight excluding hydrogens is 240 g/mol. The second kappa shape index (κ2) is 6.38. The van der Waals surface area contributed by atoms with Gasteiger partial charge in [0.05, 0.1) is 12.0 Å². The molecule has 1 aromatic carbocycles. The van der Waals surface area contributed by atoms with Gasteiger partial charge in [0.25, 0.3) is 0 Å². The van der Waals surface area contributed by atoms with Gasteiger partial charge in [-0.1, -0.05) is 18.2 Å². The first kappa shape index (κ1) is 15.2. The third-order valence-corrected chi connectivity index (χ3v) is 3.17. The summed E-state index contributed by atoms with van der Waals surface area (Å²) in [5.74, 6) is -0.0359. The first-order valence-electron chi connectivity index (χ1n) is 6.30. The van der Waals surface area contributed by atoms with Gasteiger partial charge in [-0.05, 0) is 31.5 Å². The Morgan fingerprint density at radius 1 is 1.42 bits per heavy atom. The summed E-state index contributed by atoms with van der Waals surface area (Å²) in [7, 11) is 0. The normalized spacial score (nSPS) is 11.1. The fraction of sp³-hybridized carbons (Fsp3) is 0.400. The summed E-state index contributed by atoms with van der Waals surface area (Å²) in [5.41, 5.74) is 6.57. The minimum absolute atomic E-state index is 0.0359. The van der Waals surface area contributed by atoms with Gasteiger partial charge in [-0.2, -0.15) is 0 Å². The lowest BCUT2D eigenvalue weighted by Crippen LogP contribution is -2.44. The molecule has 0 aliphatic carbocycles. The zero-order chi connectivity index (χ0) is 14.5. The smallest absolute Gasteiger partial charge is 0.233 e. The summed E-state index contributed by atoms with van der Waals surface area (Å²) in [6, 6.07) is 7.29. The van der Waals surface area contributed by atoms with Crippen molar-refractivity contribution in [2.75, 3.05) is 25.4 Å². The highest BCUT2D eigenvalue weighted by Crippen LogP contribution is 2.26. The third-order valence-electron chi connectivity index (χ3n) is 3.17. The number of aliphatic hydroxyl groups excluding tert-OH is 1. The summed E-state index contributed by atoms with van der Waals surface area (Å²) in [6.07, 6.45) is 1.66. The van der Waals surface area contributed by atoms with Crippen LogP contribution in [0.1, 0.15) is 19.4 Å². The number of hydrogen-bond donors (Lipinski definition) is 2. The molecule has 4 heteroatoms. The van der Waals surface area contributed by atoms with Gasteiger partial charge in [-0.25, -0.2) is 0 Å². The zero-order valence-electron chi connectivity index (χ0n) is 11.6. The molecule has 104 valence electrons. The van der Waals surface area contributed by atoms with Crippen LogP contribution < -0.4 is 5.73 Å². The summed E-state index contributed by atoms with van der Waals surface area (Å²) in [4.78, 5) is 14.2. The maximum Gasteiger partial charge on any atom is 0.233 e. The van der Waals surface area contributed by atoms with Crippen LogP contribution in [0.15, 0.2) is 36.9 Å². The highest BCUT2D eigenvalue weighted by atomic mass is 16.3. The van der Waals surface area contributed by atoms with E-state index in [1.165, 1.54) is 0 Å². The van der Waals surface area contributed by atoms with Gasteiger partial charge in [0, 0.05) is 18.8 Å². The van der Waals surface area contributed by atoms with E-state index in [0.29, 0.717) is 18.8 Å². The molecule has 0 bridgehead atoms. The van der Waals surface area contributed by atoms with Crippen LogP contribution in [0.3, 0.4) is 0 Å². The predicted molar refractivity (Wildman–Crippen MR) is 77.7 cm³/mol. The van der Waals surface area contributed by atoms with Crippen LogP contribution in [0.2, 0.25) is 0 Å². The van der Waals surface area contributed by atoms with Crippen molar-refractivity contribution < 1.29 is 9.90 Å². The zero-order valence-corrected chi connectivity index (χ0v) is 11.6. The van der Waals surface area contributed by atoms with Crippen molar-refractivity contribution in [2.45, 2.75) is 19.3 Å². The van der Waals surface area contributed by atoms with E-state index >= 15 is 0 Å². The molecule has 1 rings (SSSR count). The molecule has 0 heterocycles. The minimum atomic E-state index is -0.661. The monoisotopic (exact) mass is 262 g/mol. The van der Waals surface area contributed by atoms with Gasteiger partial charge in [-0.3, -0.25) is 4.79 Å². The number of amides is 1. The summed E-state index contributed by atoms with van der Waals surface area (Å²) in [6.45, 7) is 8.06. The van der Waals surface area contributed by atoms with E-state index in [4.69, 9.17) is 10.8 Å². The average Bonchev–Trinajstić information content (AvgIpc) is 2.38. The minimum Gasteiger partial charge on any atom is -0.399 e. The molecule has 0 saturated heterocycles. The van der Waals surface area contributed by atoms with Gasteiger partial charge in [0.2, 0.25) is 5.91 Å². The number of benzene rings is 1. The van der Waals surface area contributed by atoms with Crippen LogP contribution in [-0.4, -0.2) is 35.6 Å². The number of anilines is 1. The molecule has 19 heavy (non-hydrogen) atoms. The lowest BCUT2D eigenvalue weighted by Gasteiger charge is -2.31. The molecule has 0 atom stereocenters. The Balaban J connectivity index is 2.99. The number of nitrogen functional groups attached to an aromatic ring is 1. The molecular formula is C15H22N2O2. The van der Waals surface area contributed by atoms with E-state index in [2.05, 4.69) is 6.58 Å². The number of rotatable bonds is 6. The fourth-order valence-electron chi connectivity index (χ4n) is 1.97. The van der Waals surface area contributed by atoms with Crippen molar-refractivity contribution in [3.8, 4) is 0 Å². The Labute approximate surface area is 114 Å². The second-order valence-corrected chi connectivity index (χ2v) is 5.01. The molecule has 0 aliphatic rings. The average molecular weight is 262 g/mol. The van der Waals surface area contributed by atoms with Crippen LogP contribution in [0.4, 0.5) is 5.69 Å². The number of nitrogens with zero attached hydrogens (tertiary/aromatic N) is 1. The first-order chi connectivity index (χ1) is 8.93. The maximum atomic E-state index is 12.6. The van der Waals surface area contributed by atoms with Gasteiger partial charge < -0.3 is 15.7 Å². The SMILES string of the molecule is C=CCN(CCO)C(=O)C(C)(C)c1ccc(N)cc1. The molecule has 3 N–H and O–H groups in total. The van der Waals surface area contributed by atoms with Gasteiger partial charge >= 0.3 is 0 Å². The topological polar surface area (TPSA) is 66.6 Å². The Hall–Kier alpha value is -1.81. The van der Waals surface area contributed by atoms with Crippen molar-refractivity contribution in [2.24, 2.45) is 0 Å². The molecule has 0 aliphatic heterocycles. The maximum absolute atomic E-state index is 12.6. The Kier molecular flexibility index (Phi) is 5.12. The van der Waals surface area contributed by atoms with Crippen LogP contribution in [0.5, 0.6) is 0 Å². The fourth-order valence-corrected chi connectivity index (χ4v) is 1.97. The van der Waals surface area contributed by atoms with Crippen LogP contribution >= 0.6 is 0 Å². The van der Waals surface area contributed by atoms with Gasteiger partial charge in [0.15, 0.2) is 0 Å². The molecule has 1 amide bonds. The largest absolute Gasteiger partial charge is 0.399 e. The van der Waals surface area contributed by atoms with Crippen LogP contribution in [0, 0.1) is 0 Å². The van der Waals surface area contributed by atoms with Crippen molar-refractivity contribution in [3.05, 3.63) is 42.5 Å². The van der Waals surface area contributed by atoms with E-state index in [-0.39, 0.29) is 12.5 Å². The molecule has 1 aromatic rings. The molecule has 0 radical (unpaired) electrons. The number of carbonyl (C=O) groups excluding carboxylic acids is 1. The van der Waals surface area contributed by atoms with Gasteiger partial charge in [-0.15, -0.1) is 6.58 Å². The van der Waals surface area contributed by atoms with Crippen molar-refractivity contribution in [1.29, 1.82) is 0 Å². The molecule has 0 aromatic heterocycles. The molecule has 0 saturated carbocycles. The Morgan fingerprint density at radius 3 is 2.47 bits per heavy atom. The van der Waals surface area contributed by atoms with E-state index in [1.807, 2.05) is 26.0 Å². The lowest BCUT2D eigenvalue weighted by atomic mass is 9.83. The second-order valence-electron chi connectivity index (χ2n) is 5.01. The molecule has 0 unspecified atom stereocenters. The predicted octanol–water partition coefficient (Wildman–Crippen LogP) is 1.55. The van der Waals surface area contributed by atoms with Crippen molar-refractivity contribution in [1.82, 2.24) is 4.90 Å². The number of hydrogen-bond acceptors (Lipinski definition) is 3. The van der Waals surface area contributed by atoms with E-state index in [1.54, 1.807) is 23.1 Å². The molecule has 0 spiro atoms. The summed E-state index contributed by atoms with van der Waals surface area (Å²) < 4.78 is 0. The van der Waals surface area contributed by atoms with Crippen LogP contribution in [0.25, 0.3) is 0 Å². The quantitative estimate of drug-likeness (QED) is 0.604. The first-order valence-corrected chi connectivity index (χ1v) is 6.30. The Morgan fingerprint density at radius 2 is 2.00 bits per heavy atom. The highest BCUT2D eigenvalue weighted by molar-refractivity contribution is 5.87. The van der Waals surface area contributed by atoms with Gasteiger partial charge in [0.1, 0.15) is 0 Å². The molecule has 0 fully saturated rings. The third kappa shape index (κ3) is 3.58.